The summed E-state index contributed by atoms with van der Waals surface area (Å²) < 4.78 is 32.7. The van der Waals surface area contributed by atoms with Crippen LogP contribution in [-0.4, -0.2) is 38.7 Å². The molecule has 1 aromatic rings. The second-order valence-electron chi connectivity index (χ2n) is 4.46. The van der Waals surface area contributed by atoms with Crippen molar-refractivity contribution in [2.75, 3.05) is 13.2 Å². The number of rotatable bonds is 4. The minimum absolute atomic E-state index is 0.0658. The van der Waals surface area contributed by atoms with Gasteiger partial charge in [0.2, 0.25) is 10.0 Å². The fraction of sp³-hybridized carbons (Fsp3) is 0.417. The van der Waals surface area contributed by atoms with E-state index < -0.39 is 16.0 Å². The predicted molar refractivity (Wildman–Crippen MR) is 75.3 cm³/mol. The van der Waals surface area contributed by atoms with E-state index in [1.54, 1.807) is 0 Å². The van der Waals surface area contributed by atoms with Crippen molar-refractivity contribution in [1.82, 2.24) is 4.72 Å². The molecule has 1 aliphatic rings. The summed E-state index contributed by atoms with van der Waals surface area (Å²) in [6.07, 6.45) is 1.21. The molecule has 1 heterocycles. The van der Waals surface area contributed by atoms with E-state index in [0.29, 0.717) is 30.5 Å². The number of nitrogens with one attached hydrogen (secondary N) is 1. The number of carboxylic acid groups (broad SMARTS) is 1. The Morgan fingerprint density at radius 2 is 2.00 bits per heavy atom. The molecule has 0 aromatic heterocycles. The van der Waals surface area contributed by atoms with E-state index in [-0.39, 0.29) is 16.5 Å². The molecule has 1 fully saturated rings. The molecule has 2 N–H and O–H groups in total. The molecule has 1 aromatic carbocycles. The number of carboxylic acids is 1. The van der Waals surface area contributed by atoms with E-state index in [0.717, 1.165) is 6.07 Å². The van der Waals surface area contributed by atoms with Gasteiger partial charge in [-0.2, -0.15) is 0 Å². The molecule has 1 aliphatic heterocycles. The van der Waals surface area contributed by atoms with Crippen molar-refractivity contribution in [2.24, 2.45) is 0 Å². The van der Waals surface area contributed by atoms with E-state index in [1.165, 1.54) is 12.1 Å². The number of benzene rings is 1. The van der Waals surface area contributed by atoms with Crippen LogP contribution in [0.5, 0.6) is 0 Å². The van der Waals surface area contributed by atoms with Crippen LogP contribution < -0.4 is 4.72 Å². The molecular weight excluding hydrogens is 350 g/mol. The molecule has 0 bridgehead atoms. The van der Waals surface area contributed by atoms with Crippen molar-refractivity contribution < 1.29 is 23.1 Å². The maximum absolute atomic E-state index is 12.3. The lowest BCUT2D eigenvalue weighted by Crippen LogP contribution is -2.39. The minimum atomic E-state index is -3.76. The van der Waals surface area contributed by atoms with Crippen LogP contribution in [0.3, 0.4) is 0 Å². The average Bonchev–Trinajstić information content (AvgIpc) is 2.39. The van der Waals surface area contributed by atoms with E-state index >= 15 is 0 Å². The normalized spacial score (nSPS) is 17.1. The predicted octanol–water partition coefficient (Wildman–Crippen LogP) is 1.60. The Morgan fingerprint density at radius 3 is 2.60 bits per heavy atom. The van der Waals surface area contributed by atoms with Crippen molar-refractivity contribution in [2.45, 2.75) is 23.8 Å². The number of halogens is 1. The lowest BCUT2D eigenvalue weighted by Gasteiger charge is -2.23. The monoisotopic (exact) mass is 363 g/mol. The minimum Gasteiger partial charge on any atom is -0.478 e. The third-order valence-electron chi connectivity index (χ3n) is 3.01. The van der Waals surface area contributed by atoms with Gasteiger partial charge in [0.25, 0.3) is 0 Å². The molecule has 0 saturated carbocycles. The number of hydrogen-bond acceptors (Lipinski definition) is 4. The lowest BCUT2D eigenvalue weighted by molar-refractivity contribution is 0.0696. The first-order chi connectivity index (χ1) is 9.40. The smallest absolute Gasteiger partial charge is 0.335 e. The molecule has 0 aliphatic carbocycles. The lowest BCUT2D eigenvalue weighted by atomic mass is 10.1. The van der Waals surface area contributed by atoms with E-state index in [4.69, 9.17) is 9.84 Å². The summed E-state index contributed by atoms with van der Waals surface area (Å²) in [4.78, 5) is 10.9. The zero-order chi connectivity index (χ0) is 14.8. The van der Waals surface area contributed by atoms with Crippen LogP contribution in [0.4, 0.5) is 0 Å². The molecule has 0 unspecified atom stereocenters. The number of carbonyl (C=O) groups is 1. The van der Waals surface area contributed by atoms with Crippen LogP contribution in [0.25, 0.3) is 0 Å². The van der Waals surface area contributed by atoms with Gasteiger partial charge in [-0.3, -0.25) is 0 Å². The molecule has 2 rings (SSSR count). The van der Waals surface area contributed by atoms with E-state index in [1.807, 2.05) is 0 Å². The summed E-state index contributed by atoms with van der Waals surface area (Å²) in [5.74, 6) is -1.17. The molecule has 0 atom stereocenters. The maximum Gasteiger partial charge on any atom is 0.335 e. The van der Waals surface area contributed by atoms with Gasteiger partial charge in [-0.05, 0) is 47.0 Å². The fourth-order valence-corrected chi connectivity index (χ4v) is 4.23. The third kappa shape index (κ3) is 3.57. The first kappa shape index (κ1) is 15.4. The fourth-order valence-electron chi connectivity index (χ4n) is 1.94. The molecule has 20 heavy (non-hydrogen) atoms. The Bertz CT molecular complexity index is 610. The summed E-state index contributed by atoms with van der Waals surface area (Å²) in [5, 5.41) is 8.94. The van der Waals surface area contributed by atoms with Gasteiger partial charge in [0.1, 0.15) is 0 Å². The standard InChI is InChI=1S/C12H14BrNO5S/c13-10-2-1-8(12(15)16)7-11(10)20(17,18)14-9-3-5-19-6-4-9/h1-2,7,9,14H,3-6H2,(H,15,16). The average molecular weight is 364 g/mol. The van der Waals surface area contributed by atoms with Crippen molar-refractivity contribution in [3.05, 3.63) is 28.2 Å². The second kappa shape index (κ2) is 6.21. The van der Waals surface area contributed by atoms with E-state index in [2.05, 4.69) is 20.7 Å². The largest absolute Gasteiger partial charge is 0.478 e. The Hall–Kier alpha value is -0.960. The highest BCUT2D eigenvalue weighted by Gasteiger charge is 2.24. The highest BCUT2D eigenvalue weighted by atomic mass is 79.9. The summed E-state index contributed by atoms with van der Waals surface area (Å²) in [6.45, 7) is 1.03. The molecule has 1 saturated heterocycles. The zero-order valence-corrected chi connectivity index (χ0v) is 12.9. The summed E-state index contributed by atoms with van der Waals surface area (Å²) in [5.41, 5.74) is -0.0689. The second-order valence-corrected chi connectivity index (χ2v) is 7.00. The molecule has 0 radical (unpaired) electrons. The SMILES string of the molecule is O=C(O)c1ccc(Br)c(S(=O)(=O)NC2CCOCC2)c1. The van der Waals surface area contributed by atoms with Crippen LogP contribution in [0, 0.1) is 0 Å². The molecule has 0 spiro atoms. The molecule has 8 heteroatoms. The Morgan fingerprint density at radius 1 is 1.35 bits per heavy atom. The van der Waals surface area contributed by atoms with Gasteiger partial charge in [0.05, 0.1) is 10.5 Å². The van der Waals surface area contributed by atoms with Crippen molar-refractivity contribution in [3.63, 3.8) is 0 Å². The van der Waals surface area contributed by atoms with Crippen LogP contribution >= 0.6 is 15.9 Å². The van der Waals surface area contributed by atoms with Gasteiger partial charge in [0, 0.05) is 23.7 Å². The van der Waals surface area contributed by atoms with Crippen molar-refractivity contribution in [3.8, 4) is 0 Å². The maximum atomic E-state index is 12.3. The van der Waals surface area contributed by atoms with Gasteiger partial charge in [-0.15, -0.1) is 0 Å². The number of sulfonamides is 1. The van der Waals surface area contributed by atoms with Gasteiger partial charge in [-0.1, -0.05) is 0 Å². The van der Waals surface area contributed by atoms with Gasteiger partial charge in [0.15, 0.2) is 0 Å². The van der Waals surface area contributed by atoms with Crippen molar-refractivity contribution in [1.29, 1.82) is 0 Å². The zero-order valence-electron chi connectivity index (χ0n) is 10.5. The molecule has 6 nitrogen and oxygen atoms in total. The first-order valence-corrected chi connectivity index (χ1v) is 8.31. The Balaban J connectivity index is 2.28. The third-order valence-corrected chi connectivity index (χ3v) is 5.53. The van der Waals surface area contributed by atoms with Crippen LogP contribution in [0.2, 0.25) is 0 Å². The van der Waals surface area contributed by atoms with Crippen molar-refractivity contribution >= 4 is 31.9 Å². The highest BCUT2D eigenvalue weighted by Crippen LogP contribution is 2.24. The van der Waals surface area contributed by atoms with Crippen LogP contribution in [0.15, 0.2) is 27.6 Å². The van der Waals surface area contributed by atoms with Crippen LogP contribution in [-0.2, 0) is 14.8 Å². The number of hydrogen-bond donors (Lipinski definition) is 2. The molecule has 110 valence electrons. The summed E-state index contributed by atoms with van der Waals surface area (Å²) in [6, 6.07) is 3.73. The number of aromatic carboxylic acids is 1. The highest BCUT2D eigenvalue weighted by molar-refractivity contribution is 9.10. The number of ether oxygens (including phenoxy) is 1. The van der Waals surface area contributed by atoms with E-state index in [9.17, 15) is 13.2 Å². The Kier molecular flexibility index (Phi) is 4.79. The van der Waals surface area contributed by atoms with Gasteiger partial charge < -0.3 is 9.84 Å². The molecular formula is C12H14BrNO5S. The Labute approximate surface area is 125 Å². The molecule has 0 amide bonds. The quantitative estimate of drug-likeness (QED) is 0.847. The van der Waals surface area contributed by atoms with Gasteiger partial charge in [-0.25, -0.2) is 17.9 Å². The topological polar surface area (TPSA) is 92.7 Å². The first-order valence-electron chi connectivity index (χ1n) is 6.03. The van der Waals surface area contributed by atoms with Crippen LogP contribution in [0.1, 0.15) is 23.2 Å². The summed E-state index contributed by atoms with van der Waals surface area (Å²) in [7, 11) is -3.76. The summed E-state index contributed by atoms with van der Waals surface area (Å²) >= 11 is 3.14. The van der Waals surface area contributed by atoms with Gasteiger partial charge >= 0.3 is 5.97 Å².